The van der Waals surface area contributed by atoms with Gasteiger partial charge in [-0.1, -0.05) is 18.2 Å². The van der Waals surface area contributed by atoms with Crippen LogP contribution in [0.25, 0.3) is 0 Å². The number of hydrogen-bond donors (Lipinski definition) is 1. The number of nitrogens with zero attached hydrogens (tertiary/aromatic N) is 2. The van der Waals surface area contributed by atoms with Gasteiger partial charge in [0.2, 0.25) is 0 Å². The van der Waals surface area contributed by atoms with E-state index in [0.717, 1.165) is 31.6 Å². The van der Waals surface area contributed by atoms with Crippen LogP contribution in [-0.4, -0.2) is 34.0 Å². The first kappa shape index (κ1) is 15.6. The molecule has 1 aromatic carbocycles. The monoisotopic (exact) mass is 314 g/mol. The van der Waals surface area contributed by atoms with Crippen LogP contribution in [0.15, 0.2) is 42.6 Å². The Hall–Kier alpha value is -2.27. The minimum Gasteiger partial charge on any atom is -0.478 e. The molecule has 23 heavy (non-hydrogen) atoms. The van der Waals surface area contributed by atoms with Gasteiger partial charge in [0.25, 0.3) is 0 Å². The third-order valence-electron chi connectivity index (χ3n) is 4.31. The Bertz CT molecular complexity index is 688. The van der Waals surface area contributed by atoms with E-state index in [4.69, 9.17) is 5.11 Å². The highest BCUT2D eigenvalue weighted by Crippen LogP contribution is 2.27. The van der Waals surface area contributed by atoms with Crippen LogP contribution in [0.5, 0.6) is 0 Å². The van der Waals surface area contributed by atoms with Crippen LogP contribution >= 0.6 is 0 Å². The fourth-order valence-corrected chi connectivity index (χ4v) is 3.08. The fraction of sp³-hybridized carbons (Fsp3) is 0.333. The molecule has 4 nitrogen and oxygen atoms in total. The highest BCUT2D eigenvalue weighted by molar-refractivity contribution is 5.87. The third-order valence-corrected chi connectivity index (χ3v) is 4.31. The molecule has 2 aromatic rings. The van der Waals surface area contributed by atoms with Gasteiger partial charge in [0.1, 0.15) is 5.82 Å². The Morgan fingerprint density at radius 2 is 2.13 bits per heavy atom. The summed E-state index contributed by atoms with van der Waals surface area (Å²) in [4.78, 5) is 17.4. The molecule has 1 N–H and O–H groups in total. The zero-order valence-electron chi connectivity index (χ0n) is 12.8. The molecule has 1 aliphatic rings. The van der Waals surface area contributed by atoms with Crippen molar-refractivity contribution in [3.05, 3.63) is 65.2 Å². The molecule has 0 unspecified atom stereocenters. The number of likely N-dealkylation sites (tertiary alicyclic amines) is 1. The quantitative estimate of drug-likeness (QED) is 0.941. The first-order chi connectivity index (χ1) is 11.1. The molecule has 120 valence electrons. The minimum absolute atomic E-state index is 0.168. The van der Waals surface area contributed by atoms with E-state index in [-0.39, 0.29) is 17.3 Å². The predicted molar refractivity (Wildman–Crippen MR) is 84.8 cm³/mol. The van der Waals surface area contributed by atoms with E-state index in [1.165, 1.54) is 12.3 Å². The van der Waals surface area contributed by atoms with Gasteiger partial charge in [0.05, 0.1) is 5.56 Å². The number of benzene rings is 1. The van der Waals surface area contributed by atoms with E-state index >= 15 is 0 Å². The third kappa shape index (κ3) is 3.74. The number of aromatic carboxylic acids is 1. The van der Waals surface area contributed by atoms with Gasteiger partial charge in [-0.05, 0) is 37.6 Å². The summed E-state index contributed by atoms with van der Waals surface area (Å²) in [6.45, 7) is 2.35. The first-order valence-corrected chi connectivity index (χ1v) is 7.78. The van der Waals surface area contributed by atoms with Crippen molar-refractivity contribution in [2.45, 2.75) is 25.3 Å². The molecule has 1 atom stereocenters. The Balaban J connectivity index is 1.68. The molecule has 1 saturated heterocycles. The van der Waals surface area contributed by atoms with Crippen molar-refractivity contribution >= 4 is 5.97 Å². The molecular weight excluding hydrogens is 295 g/mol. The average Bonchev–Trinajstić information content (AvgIpc) is 2.57. The second-order valence-corrected chi connectivity index (χ2v) is 5.94. The number of halogens is 1. The molecular formula is C18H19FN2O2. The summed E-state index contributed by atoms with van der Waals surface area (Å²) in [6, 6.07) is 10.3. The smallest absolute Gasteiger partial charge is 0.337 e. The zero-order chi connectivity index (χ0) is 16.2. The Morgan fingerprint density at radius 1 is 1.30 bits per heavy atom. The lowest BCUT2D eigenvalue weighted by Crippen LogP contribution is -2.34. The maximum atomic E-state index is 13.8. The second kappa shape index (κ2) is 6.87. The lowest BCUT2D eigenvalue weighted by molar-refractivity contribution is 0.0696. The van der Waals surface area contributed by atoms with Gasteiger partial charge in [0, 0.05) is 36.5 Å². The van der Waals surface area contributed by atoms with Crippen molar-refractivity contribution in [1.82, 2.24) is 9.88 Å². The van der Waals surface area contributed by atoms with Crippen LogP contribution < -0.4 is 0 Å². The molecule has 0 bridgehead atoms. The number of rotatable bonds is 4. The van der Waals surface area contributed by atoms with E-state index in [1.807, 2.05) is 12.1 Å². The Kier molecular flexibility index (Phi) is 4.67. The molecule has 3 rings (SSSR count). The largest absolute Gasteiger partial charge is 0.478 e. The lowest BCUT2D eigenvalue weighted by Gasteiger charge is -2.32. The second-order valence-electron chi connectivity index (χ2n) is 5.94. The van der Waals surface area contributed by atoms with E-state index in [1.54, 1.807) is 18.2 Å². The highest BCUT2D eigenvalue weighted by Gasteiger charge is 2.23. The van der Waals surface area contributed by atoms with Crippen molar-refractivity contribution in [3.63, 3.8) is 0 Å². The van der Waals surface area contributed by atoms with Gasteiger partial charge in [-0.25, -0.2) is 9.18 Å². The van der Waals surface area contributed by atoms with E-state index in [2.05, 4.69) is 9.88 Å². The number of aromatic nitrogens is 1. The van der Waals surface area contributed by atoms with Crippen LogP contribution in [0.4, 0.5) is 4.39 Å². The van der Waals surface area contributed by atoms with Gasteiger partial charge >= 0.3 is 5.97 Å². The van der Waals surface area contributed by atoms with Crippen LogP contribution in [-0.2, 0) is 6.54 Å². The van der Waals surface area contributed by atoms with Crippen molar-refractivity contribution in [2.75, 3.05) is 13.1 Å². The lowest BCUT2D eigenvalue weighted by atomic mass is 9.93. The van der Waals surface area contributed by atoms with Crippen molar-refractivity contribution < 1.29 is 14.3 Å². The molecule has 0 radical (unpaired) electrons. The minimum atomic E-state index is -0.964. The molecule has 1 aromatic heterocycles. The summed E-state index contributed by atoms with van der Waals surface area (Å²) in [7, 11) is 0. The summed E-state index contributed by atoms with van der Waals surface area (Å²) in [5.41, 5.74) is 1.82. The summed E-state index contributed by atoms with van der Waals surface area (Å²) < 4.78 is 13.8. The van der Waals surface area contributed by atoms with Crippen molar-refractivity contribution in [2.24, 2.45) is 0 Å². The molecule has 1 aliphatic heterocycles. The molecule has 2 heterocycles. The average molecular weight is 314 g/mol. The van der Waals surface area contributed by atoms with Gasteiger partial charge in [0.15, 0.2) is 0 Å². The van der Waals surface area contributed by atoms with Gasteiger partial charge in [-0.2, -0.15) is 0 Å². The molecule has 1 fully saturated rings. The first-order valence-electron chi connectivity index (χ1n) is 7.78. The van der Waals surface area contributed by atoms with Crippen LogP contribution in [0, 0.1) is 5.82 Å². The Labute approximate surface area is 134 Å². The summed E-state index contributed by atoms with van der Waals surface area (Å²) in [5.74, 6) is -0.870. The van der Waals surface area contributed by atoms with Crippen LogP contribution in [0.1, 0.15) is 40.4 Å². The number of pyridine rings is 1. The maximum absolute atomic E-state index is 13.8. The summed E-state index contributed by atoms with van der Waals surface area (Å²) in [6.07, 6.45) is 3.46. The maximum Gasteiger partial charge on any atom is 0.337 e. The summed E-state index contributed by atoms with van der Waals surface area (Å²) in [5, 5.41) is 8.93. The van der Waals surface area contributed by atoms with Crippen molar-refractivity contribution in [3.8, 4) is 0 Å². The molecule has 0 saturated carbocycles. The van der Waals surface area contributed by atoms with Crippen LogP contribution in [0.3, 0.4) is 0 Å². The molecule has 5 heteroatoms. The molecule has 0 amide bonds. The zero-order valence-corrected chi connectivity index (χ0v) is 12.8. The number of carboxylic acids is 1. The molecule has 0 spiro atoms. The SMILES string of the molecule is O=C(O)c1ccc([C@@H]2CCCN(Cc3ccccc3F)C2)nc1. The van der Waals surface area contributed by atoms with Gasteiger partial charge < -0.3 is 5.11 Å². The Morgan fingerprint density at radius 3 is 2.83 bits per heavy atom. The normalized spacial score (nSPS) is 18.7. The van der Waals surface area contributed by atoms with Gasteiger partial charge in [-0.3, -0.25) is 9.88 Å². The standard InChI is InChI=1S/C18H19FN2O2/c19-16-6-2-1-4-14(16)11-21-9-3-5-15(12-21)17-8-7-13(10-20-17)18(22)23/h1-2,4,6-8,10,15H,3,5,9,11-12H2,(H,22,23)/t15-/m1/s1. The summed E-state index contributed by atoms with van der Waals surface area (Å²) >= 11 is 0. The topological polar surface area (TPSA) is 53.4 Å². The number of carbonyl (C=O) groups is 1. The van der Waals surface area contributed by atoms with Crippen LogP contribution in [0.2, 0.25) is 0 Å². The number of carboxylic acid groups (broad SMARTS) is 1. The van der Waals surface area contributed by atoms with Crippen molar-refractivity contribution in [1.29, 1.82) is 0 Å². The predicted octanol–water partition coefficient (Wildman–Crippen LogP) is 3.30. The molecule has 0 aliphatic carbocycles. The van der Waals surface area contributed by atoms with Gasteiger partial charge in [-0.15, -0.1) is 0 Å². The van der Waals surface area contributed by atoms with E-state index < -0.39 is 5.97 Å². The fourth-order valence-electron chi connectivity index (χ4n) is 3.08. The van der Waals surface area contributed by atoms with E-state index in [9.17, 15) is 9.18 Å². The van der Waals surface area contributed by atoms with E-state index in [0.29, 0.717) is 12.1 Å². The number of piperidine rings is 1. The number of hydrogen-bond acceptors (Lipinski definition) is 3. The highest BCUT2D eigenvalue weighted by atomic mass is 19.1.